The predicted octanol–water partition coefficient (Wildman–Crippen LogP) is 4.07. The van der Waals surface area contributed by atoms with Gasteiger partial charge in [-0.05, 0) is 32.0 Å². The van der Waals surface area contributed by atoms with Gasteiger partial charge in [-0.15, -0.1) is 0 Å². The molecule has 0 unspecified atom stereocenters. The van der Waals surface area contributed by atoms with Gasteiger partial charge < -0.3 is 0 Å². The number of nitrogens with zero attached hydrogens (tertiary/aromatic N) is 3. The van der Waals surface area contributed by atoms with Crippen molar-refractivity contribution < 1.29 is 13.2 Å². The van der Waals surface area contributed by atoms with Gasteiger partial charge in [-0.3, -0.25) is 9.69 Å². The second kappa shape index (κ2) is 5.01. The summed E-state index contributed by atoms with van der Waals surface area (Å²) in [7, 11) is 1.70. The Kier molecular flexibility index (Phi) is 3.69. The van der Waals surface area contributed by atoms with E-state index in [9.17, 15) is 13.2 Å². The molecule has 0 aliphatic carbocycles. The summed E-state index contributed by atoms with van der Waals surface area (Å²) >= 11 is 5.93. The molecule has 2 rings (SSSR count). The van der Waals surface area contributed by atoms with E-state index in [4.69, 9.17) is 11.6 Å². The molecule has 0 fully saturated rings. The highest BCUT2D eigenvalue weighted by molar-refractivity contribution is 6.33. The summed E-state index contributed by atoms with van der Waals surface area (Å²) in [5.74, 6) is 0.266. The third-order valence-electron chi connectivity index (χ3n) is 2.99. The van der Waals surface area contributed by atoms with Gasteiger partial charge in [0.15, 0.2) is 5.82 Å². The minimum Gasteiger partial charge on any atom is -0.266 e. The SMILES string of the molecule is Cc1ccc(C)n1N(C)c1ncc(C(F)(F)F)cc1Cl. The van der Waals surface area contributed by atoms with Gasteiger partial charge in [0, 0.05) is 24.6 Å². The van der Waals surface area contributed by atoms with Crippen LogP contribution < -0.4 is 5.01 Å². The molecule has 0 bridgehead atoms. The molecule has 20 heavy (non-hydrogen) atoms. The molecule has 3 nitrogen and oxygen atoms in total. The lowest BCUT2D eigenvalue weighted by molar-refractivity contribution is -0.137. The largest absolute Gasteiger partial charge is 0.417 e. The molecule has 2 heterocycles. The second-order valence-corrected chi connectivity index (χ2v) is 4.89. The van der Waals surface area contributed by atoms with Crippen LogP contribution in [0, 0.1) is 13.8 Å². The highest BCUT2D eigenvalue weighted by Crippen LogP contribution is 2.33. The van der Waals surface area contributed by atoms with Crippen molar-refractivity contribution in [1.82, 2.24) is 9.66 Å². The zero-order chi connectivity index (χ0) is 15.1. The van der Waals surface area contributed by atoms with Gasteiger partial charge in [0.05, 0.1) is 10.6 Å². The third-order valence-corrected chi connectivity index (χ3v) is 3.27. The average molecular weight is 304 g/mol. The number of alkyl halides is 3. The van der Waals surface area contributed by atoms with Crippen LogP contribution in [0.2, 0.25) is 5.02 Å². The zero-order valence-electron chi connectivity index (χ0n) is 11.2. The number of anilines is 1. The Morgan fingerprint density at radius 3 is 2.20 bits per heavy atom. The fourth-order valence-electron chi connectivity index (χ4n) is 2.05. The van der Waals surface area contributed by atoms with Crippen LogP contribution in [0.3, 0.4) is 0 Å². The van der Waals surface area contributed by atoms with Crippen molar-refractivity contribution in [3.8, 4) is 0 Å². The van der Waals surface area contributed by atoms with Crippen LogP contribution in [0.15, 0.2) is 24.4 Å². The van der Waals surface area contributed by atoms with Crippen molar-refractivity contribution in [1.29, 1.82) is 0 Å². The standard InChI is InChI=1S/C13H13ClF3N3/c1-8-4-5-9(2)20(8)19(3)12-11(14)6-10(7-18-12)13(15,16)17/h4-7H,1-3H3. The number of hydrogen-bond acceptors (Lipinski definition) is 2. The van der Waals surface area contributed by atoms with Crippen LogP contribution in [0.4, 0.5) is 19.0 Å². The molecule has 2 aromatic rings. The second-order valence-electron chi connectivity index (χ2n) is 4.48. The average Bonchev–Trinajstić information content (AvgIpc) is 2.67. The summed E-state index contributed by atoms with van der Waals surface area (Å²) in [6.07, 6.45) is -3.67. The molecular formula is C13H13ClF3N3. The van der Waals surface area contributed by atoms with Gasteiger partial charge in [-0.2, -0.15) is 13.2 Å². The minimum absolute atomic E-state index is 0.0465. The Morgan fingerprint density at radius 2 is 1.75 bits per heavy atom. The quantitative estimate of drug-likeness (QED) is 0.834. The van der Waals surface area contributed by atoms with Crippen LogP contribution >= 0.6 is 11.6 Å². The van der Waals surface area contributed by atoms with E-state index in [2.05, 4.69) is 4.98 Å². The Labute approximate surface area is 119 Å². The first-order valence-electron chi connectivity index (χ1n) is 5.83. The summed E-state index contributed by atoms with van der Waals surface area (Å²) < 4.78 is 39.6. The molecule has 0 atom stereocenters. The van der Waals surface area contributed by atoms with Crippen LogP contribution in [-0.2, 0) is 6.18 Å². The Bertz CT molecular complexity index is 615. The van der Waals surface area contributed by atoms with Gasteiger partial charge in [-0.25, -0.2) is 4.98 Å². The van der Waals surface area contributed by atoms with Crippen LogP contribution in [0.1, 0.15) is 17.0 Å². The van der Waals surface area contributed by atoms with E-state index in [1.807, 2.05) is 30.7 Å². The summed E-state index contributed by atoms with van der Waals surface area (Å²) in [6, 6.07) is 4.70. The highest BCUT2D eigenvalue weighted by atomic mass is 35.5. The van der Waals surface area contributed by atoms with E-state index >= 15 is 0 Å². The molecule has 0 N–H and O–H groups in total. The molecule has 0 radical (unpaired) electrons. The summed E-state index contributed by atoms with van der Waals surface area (Å²) in [4.78, 5) is 3.84. The minimum atomic E-state index is -4.45. The maximum atomic E-state index is 12.6. The Balaban J connectivity index is 2.44. The molecule has 0 saturated carbocycles. The van der Waals surface area contributed by atoms with Crippen molar-refractivity contribution in [2.24, 2.45) is 0 Å². The van der Waals surface area contributed by atoms with Gasteiger partial charge in [0.25, 0.3) is 0 Å². The molecule has 2 aromatic heterocycles. The molecule has 108 valence electrons. The number of aromatic nitrogens is 2. The van der Waals surface area contributed by atoms with E-state index in [-0.39, 0.29) is 10.8 Å². The van der Waals surface area contributed by atoms with E-state index in [0.29, 0.717) is 0 Å². The van der Waals surface area contributed by atoms with Crippen molar-refractivity contribution >= 4 is 17.4 Å². The highest BCUT2D eigenvalue weighted by Gasteiger charge is 2.32. The molecule has 0 saturated heterocycles. The lowest BCUT2D eigenvalue weighted by Gasteiger charge is -2.24. The molecule has 0 aliphatic heterocycles. The first kappa shape index (κ1) is 14.7. The Hall–Kier alpha value is -1.69. The van der Waals surface area contributed by atoms with Gasteiger partial charge >= 0.3 is 6.18 Å². The number of halogens is 4. The smallest absolute Gasteiger partial charge is 0.266 e. The first-order chi connectivity index (χ1) is 9.21. The third kappa shape index (κ3) is 2.60. The summed E-state index contributed by atoms with van der Waals surface area (Å²) in [5.41, 5.74) is 1.01. The maximum absolute atomic E-state index is 12.6. The number of hydrogen-bond donors (Lipinski definition) is 0. The lowest BCUT2D eigenvalue weighted by Crippen LogP contribution is -2.28. The molecule has 7 heteroatoms. The van der Waals surface area contributed by atoms with Crippen LogP contribution in [-0.4, -0.2) is 16.7 Å². The topological polar surface area (TPSA) is 21.1 Å². The molecular weight excluding hydrogens is 291 g/mol. The molecule has 0 amide bonds. The summed E-state index contributed by atoms with van der Waals surface area (Å²) in [6.45, 7) is 3.78. The van der Waals surface area contributed by atoms with E-state index in [1.165, 1.54) is 0 Å². The van der Waals surface area contributed by atoms with E-state index in [0.717, 1.165) is 23.7 Å². The van der Waals surface area contributed by atoms with Crippen LogP contribution in [0.5, 0.6) is 0 Å². The fraction of sp³-hybridized carbons (Fsp3) is 0.308. The normalized spacial score (nSPS) is 11.8. The van der Waals surface area contributed by atoms with Gasteiger partial charge in [0.1, 0.15) is 0 Å². The molecule has 0 spiro atoms. The first-order valence-corrected chi connectivity index (χ1v) is 6.21. The molecule has 0 aromatic carbocycles. The van der Waals surface area contributed by atoms with Crippen molar-refractivity contribution in [2.45, 2.75) is 20.0 Å². The van der Waals surface area contributed by atoms with Crippen molar-refractivity contribution in [2.75, 3.05) is 12.1 Å². The van der Waals surface area contributed by atoms with Crippen LogP contribution in [0.25, 0.3) is 0 Å². The number of aryl methyl sites for hydroxylation is 2. The van der Waals surface area contributed by atoms with Gasteiger partial charge in [0.2, 0.25) is 0 Å². The maximum Gasteiger partial charge on any atom is 0.417 e. The van der Waals surface area contributed by atoms with Gasteiger partial charge in [-0.1, -0.05) is 11.6 Å². The summed E-state index contributed by atoms with van der Waals surface area (Å²) in [5, 5.41) is 1.57. The predicted molar refractivity (Wildman–Crippen MR) is 72.0 cm³/mol. The van der Waals surface area contributed by atoms with E-state index in [1.54, 1.807) is 12.1 Å². The monoisotopic (exact) mass is 303 g/mol. The lowest BCUT2D eigenvalue weighted by atomic mass is 10.3. The fourth-order valence-corrected chi connectivity index (χ4v) is 2.34. The van der Waals surface area contributed by atoms with E-state index < -0.39 is 11.7 Å². The number of rotatable bonds is 2. The zero-order valence-corrected chi connectivity index (χ0v) is 11.9. The Morgan fingerprint density at radius 1 is 1.20 bits per heavy atom. The van der Waals surface area contributed by atoms with Crippen molar-refractivity contribution in [3.63, 3.8) is 0 Å². The number of pyridine rings is 1. The van der Waals surface area contributed by atoms with Crippen molar-refractivity contribution in [3.05, 3.63) is 46.4 Å². The molecule has 0 aliphatic rings.